The van der Waals surface area contributed by atoms with Gasteiger partial charge in [-0.05, 0) is 24.3 Å². The highest BCUT2D eigenvalue weighted by atomic mass is 35.5. The van der Waals surface area contributed by atoms with E-state index in [9.17, 15) is 5.26 Å². The fraction of sp³-hybridized carbons (Fsp3) is 0.0667. The number of methoxy groups -OCH3 is 1. The first-order valence-corrected chi connectivity index (χ1v) is 6.19. The summed E-state index contributed by atoms with van der Waals surface area (Å²) in [5.74, 6) is 0.559. The molecule has 5 heteroatoms. The summed E-state index contributed by atoms with van der Waals surface area (Å²) < 4.78 is 5.25. The van der Waals surface area contributed by atoms with Crippen LogP contribution in [-0.2, 0) is 0 Å². The van der Waals surface area contributed by atoms with Crippen LogP contribution >= 0.6 is 11.6 Å². The van der Waals surface area contributed by atoms with Crippen LogP contribution in [0.1, 0.15) is 11.1 Å². The van der Waals surface area contributed by atoms with E-state index in [1.54, 1.807) is 42.7 Å². The first-order chi connectivity index (χ1) is 9.67. The lowest BCUT2D eigenvalue weighted by atomic mass is 10.0. The highest BCUT2D eigenvalue weighted by Gasteiger charge is 2.13. The maximum Gasteiger partial charge on any atom is 0.128 e. The van der Waals surface area contributed by atoms with Crippen molar-refractivity contribution in [2.24, 2.45) is 5.73 Å². The highest BCUT2D eigenvalue weighted by molar-refractivity contribution is 6.30. The van der Waals surface area contributed by atoms with Crippen LogP contribution in [0.25, 0.3) is 11.3 Å². The Balaban J connectivity index is 2.64. The second-order valence-corrected chi connectivity index (χ2v) is 4.42. The molecule has 0 aliphatic heterocycles. The molecule has 0 fully saturated rings. The quantitative estimate of drug-likeness (QED) is 0.880. The van der Waals surface area contributed by atoms with Gasteiger partial charge in [-0.15, -0.1) is 0 Å². The summed E-state index contributed by atoms with van der Waals surface area (Å²) in [6.45, 7) is 0. The second-order valence-electron chi connectivity index (χ2n) is 3.99. The molecule has 0 spiro atoms. The van der Waals surface area contributed by atoms with E-state index in [0.717, 1.165) is 0 Å². The first-order valence-electron chi connectivity index (χ1n) is 5.81. The van der Waals surface area contributed by atoms with E-state index in [1.807, 2.05) is 0 Å². The molecule has 0 radical (unpaired) electrons. The molecule has 2 rings (SSSR count). The number of nitriles is 1. The largest absolute Gasteiger partial charge is 0.496 e. The van der Waals surface area contributed by atoms with Crippen LogP contribution in [0.15, 0.2) is 42.7 Å². The van der Waals surface area contributed by atoms with Crippen LogP contribution in [0.4, 0.5) is 0 Å². The molecule has 0 atom stereocenters. The van der Waals surface area contributed by atoms with Crippen molar-refractivity contribution in [2.45, 2.75) is 0 Å². The van der Waals surface area contributed by atoms with Gasteiger partial charge in [0.1, 0.15) is 11.8 Å². The van der Waals surface area contributed by atoms with E-state index in [1.165, 1.54) is 7.11 Å². The van der Waals surface area contributed by atoms with E-state index in [2.05, 4.69) is 11.1 Å². The minimum atomic E-state index is 0.305. The molecule has 0 amide bonds. The zero-order valence-electron chi connectivity index (χ0n) is 10.8. The number of allylic oxidation sites excluding steroid dienone is 1. The van der Waals surface area contributed by atoms with Gasteiger partial charge in [0.05, 0.1) is 18.4 Å². The minimum absolute atomic E-state index is 0.305. The molecule has 1 heterocycles. The van der Waals surface area contributed by atoms with Crippen molar-refractivity contribution < 1.29 is 4.74 Å². The smallest absolute Gasteiger partial charge is 0.128 e. The lowest BCUT2D eigenvalue weighted by Crippen LogP contribution is -2.03. The molecule has 0 saturated carbocycles. The molecule has 100 valence electrons. The molecule has 0 aliphatic rings. The Morgan fingerprint density at radius 3 is 2.80 bits per heavy atom. The molecule has 2 N–H and O–H groups in total. The van der Waals surface area contributed by atoms with Gasteiger partial charge in [-0.3, -0.25) is 4.98 Å². The fourth-order valence-electron chi connectivity index (χ4n) is 1.82. The molecule has 2 aromatic rings. The van der Waals surface area contributed by atoms with Crippen LogP contribution in [0.5, 0.6) is 5.75 Å². The fourth-order valence-corrected chi connectivity index (χ4v) is 1.99. The highest BCUT2D eigenvalue weighted by Crippen LogP contribution is 2.30. The van der Waals surface area contributed by atoms with E-state index in [4.69, 9.17) is 22.1 Å². The molecule has 1 aromatic carbocycles. The van der Waals surface area contributed by atoms with Crippen molar-refractivity contribution in [3.8, 4) is 11.8 Å². The van der Waals surface area contributed by atoms with Crippen molar-refractivity contribution in [1.29, 1.82) is 5.26 Å². The van der Waals surface area contributed by atoms with E-state index < -0.39 is 0 Å². The average molecular weight is 286 g/mol. The van der Waals surface area contributed by atoms with Crippen molar-refractivity contribution in [3.63, 3.8) is 0 Å². The molecule has 0 aliphatic carbocycles. The average Bonchev–Trinajstić information content (AvgIpc) is 2.49. The lowest BCUT2D eigenvalue weighted by molar-refractivity contribution is 0.413. The third-order valence-electron chi connectivity index (χ3n) is 2.78. The van der Waals surface area contributed by atoms with Gasteiger partial charge in [0, 0.05) is 28.5 Å². The Hall–Kier alpha value is -2.51. The van der Waals surface area contributed by atoms with Crippen LogP contribution in [-0.4, -0.2) is 12.1 Å². The van der Waals surface area contributed by atoms with Gasteiger partial charge in [-0.25, -0.2) is 0 Å². The topological polar surface area (TPSA) is 71.9 Å². The third kappa shape index (κ3) is 2.73. The summed E-state index contributed by atoms with van der Waals surface area (Å²) in [5.41, 5.74) is 7.99. The standard InChI is InChI=1S/C15H12ClN3O/c1-20-14-5-4-11(16)7-12(14)15(18)13(8-17)10-3-2-6-19-9-10/h2-7,9H,18H2,1H3/b15-13+. The van der Waals surface area contributed by atoms with Crippen molar-refractivity contribution >= 4 is 22.9 Å². The van der Waals surface area contributed by atoms with E-state index in [-0.39, 0.29) is 0 Å². The maximum atomic E-state index is 9.35. The molecular weight excluding hydrogens is 274 g/mol. The number of rotatable bonds is 3. The number of aromatic nitrogens is 1. The van der Waals surface area contributed by atoms with Crippen LogP contribution in [0, 0.1) is 11.3 Å². The van der Waals surface area contributed by atoms with Gasteiger partial charge in [0.15, 0.2) is 0 Å². The predicted molar refractivity (Wildman–Crippen MR) is 78.9 cm³/mol. The summed E-state index contributed by atoms with van der Waals surface area (Å²) in [6.07, 6.45) is 3.22. The SMILES string of the molecule is COc1ccc(Cl)cc1/C(N)=C(/C#N)c1cccnc1. The predicted octanol–water partition coefficient (Wildman–Crippen LogP) is 3.09. The van der Waals surface area contributed by atoms with Crippen molar-refractivity contribution in [2.75, 3.05) is 7.11 Å². The van der Waals surface area contributed by atoms with Gasteiger partial charge < -0.3 is 10.5 Å². The number of nitrogens with zero attached hydrogens (tertiary/aromatic N) is 2. The lowest BCUT2D eigenvalue weighted by Gasteiger charge is -2.11. The number of halogens is 1. The number of nitrogens with two attached hydrogens (primary N) is 1. The Kier molecular flexibility index (Phi) is 4.24. The molecule has 0 unspecified atom stereocenters. The number of pyridine rings is 1. The van der Waals surface area contributed by atoms with Gasteiger partial charge in [-0.1, -0.05) is 17.7 Å². The van der Waals surface area contributed by atoms with Gasteiger partial charge in [0.2, 0.25) is 0 Å². The van der Waals surface area contributed by atoms with Crippen molar-refractivity contribution in [1.82, 2.24) is 4.98 Å². The number of hydrogen-bond acceptors (Lipinski definition) is 4. The van der Waals surface area contributed by atoms with E-state index >= 15 is 0 Å². The zero-order chi connectivity index (χ0) is 14.5. The number of hydrogen-bond donors (Lipinski definition) is 1. The maximum absolute atomic E-state index is 9.35. The van der Waals surface area contributed by atoms with Crippen LogP contribution < -0.4 is 10.5 Å². The summed E-state index contributed by atoms with van der Waals surface area (Å²) >= 11 is 5.98. The molecule has 0 saturated heterocycles. The summed E-state index contributed by atoms with van der Waals surface area (Å²) in [4.78, 5) is 3.99. The van der Waals surface area contributed by atoms with E-state index in [0.29, 0.717) is 33.2 Å². The Bertz CT molecular complexity index is 690. The molecule has 4 nitrogen and oxygen atoms in total. The summed E-state index contributed by atoms with van der Waals surface area (Å²) in [5, 5.41) is 9.88. The first kappa shape index (κ1) is 13.9. The van der Waals surface area contributed by atoms with Crippen LogP contribution in [0.2, 0.25) is 5.02 Å². The Morgan fingerprint density at radius 1 is 1.40 bits per heavy atom. The van der Waals surface area contributed by atoms with Gasteiger partial charge in [-0.2, -0.15) is 5.26 Å². The van der Waals surface area contributed by atoms with Gasteiger partial charge >= 0.3 is 0 Å². The Morgan fingerprint density at radius 2 is 2.20 bits per heavy atom. The summed E-state index contributed by atoms with van der Waals surface area (Å²) in [7, 11) is 1.54. The Labute approximate surface area is 122 Å². The zero-order valence-corrected chi connectivity index (χ0v) is 11.6. The van der Waals surface area contributed by atoms with Gasteiger partial charge in [0.25, 0.3) is 0 Å². The molecular formula is C15H12ClN3O. The second kappa shape index (κ2) is 6.09. The minimum Gasteiger partial charge on any atom is -0.496 e. The number of ether oxygens (including phenoxy) is 1. The molecule has 0 bridgehead atoms. The normalized spacial score (nSPS) is 11.4. The molecule has 20 heavy (non-hydrogen) atoms. The third-order valence-corrected chi connectivity index (χ3v) is 3.02. The summed E-state index contributed by atoms with van der Waals surface area (Å²) in [6, 6.07) is 10.7. The van der Waals surface area contributed by atoms with Crippen molar-refractivity contribution in [3.05, 3.63) is 58.9 Å². The molecule has 1 aromatic heterocycles. The number of benzene rings is 1. The monoisotopic (exact) mass is 285 g/mol. The van der Waals surface area contributed by atoms with Crippen LogP contribution in [0.3, 0.4) is 0 Å².